The van der Waals surface area contributed by atoms with Crippen LogP contribution in [-0.4, -0.2) is 21.9 Å². The maximum Gasteiger partial charge on any atom is 0.289 e. The number of hydrogen-bond acceptors (Lipinski definition) is 4. The highest BCUT2D eigenvalue weighted by Crippen LogP contribution is 1.96. The first kappa shape index (κ1) is 9.44. The van der Waals surface area contributed by atoms with Crippen molar-refractivity contribution in [3.63, 3.8) is 0 Å². The smallest absolute Gasteiger partial charge is 0.289 e. The van der Waals surface area contributed by atoms with Crippen LogP contribution in [0.2, 0.25) is 0 Å². The molecule has 70 valence electrons. The second-order valence-corrected chi connectivity index (χ2v) is 2.93. The molecule has 1 aromatic rings. The first-order valence-electron chi connectivity index (χ1n) is 3.99. The standard InChI is InChI=1S/C8H12N4O/c1-5(2)11-8(13)7-10-4-3-6(9)12-7/h3-5H,1-2H3,(H,11,13)(H2,9,10,12). The summed E-state index contributed by atoms with van der Waals surface area (Å²) >= 11 is 0. The maximum atomic E-state index is 11.3. The van der Waals surface area contributed by atoms with Crippen molar-refractivity contribution in [1.82, 2.24) is 15.3 Å². The van der Waals surface area contributed by atoms with Crippen LogP contribution in [-0.2, 0) is 0 Å². The van der Waals surface area contributed by atoms with Crippen LogP contribution < -0.4 is 11.1 Å². The highest BCUT2D eigenvalue weighted by atomic mass is 16.2. The first-order valence-corrected chi connectivity index (χ1v) is 3.99. The van der Waals surface area contributed by atoms with Gasteiger partial charge in [0.15, 0.2) is 0 Å². The number of aromatic nitrogens is 2. The molecular formula is C8H12N4O. The Morgan fingerprint density at radius 2 is 2.31 bits per heavy atom. The fourth-order valence-corrected chi connectivity index (χ4v) is 0.809. The van der Waals surface area contributed by atoms with Crippen LogP contribution in [0.4, 0.5) is 5.82 Å². The van der Waals surface area contributed by atoms with E-state index in [0.717, 1.165) is 0 Å². The third-order valence-electron chi connectivity index (χ3n) is 1.30. The molecule has 0 saturated carbocycles. The normalized spacial score (nSPS) is 10.1. The average Bonchev–Trinajstić information content (AvgIpc) is 2.03. The lowest BCUT2D eigenvalue weighted by Gasteiger charge is -2.06. The molecule has 0 saturated heterocycles. The monoisotopic (exact) mass is 180 g/mol. The van der Waals surface area contributed by atoms with Crippen molar-refractivity contribution in [3.05, 3.63) is 18.1 Å². The van der Waals surface area contributed by atoms with Gasteiger partial charge in [0.25, 0.3) is 5.91 Å². The van der Waals surface area contributed by atoms with Crippen molar-refractivity contribution in [1.29, 1.82) is 0 Å². The number of nitrogens with one attached hydrogen (secondary N) is 1. The molecule has 0 radical (unpaired) electrons. The molecule has 0 unspecified atom stereocenters. The molecule has 0 aliphatic carbocycles. The molecule has 0 atom stereocenters. The number of anilines is 1. The third-order valence-corrected chi connectivity index (χ3v) is 1.30. The van der Waals surface area contributed by atoms with Gasteiger partial charge in [-0.1, -0.05) is 0 Å². The minimum Gasteiger partial charge on any atom is -0.384 e. The topological polar surface area (TPSA) is 80.9 Å². The lowest BCUT2D eigenvalue weighted by Crippen LogP contribution is -2.31. The van der Waals surface area contributed by atoms with E-state index in [1.807, 2.05) is 13.8 Å². The van der Waals surface area contributed by atoms with Gasteiger partial charge in [-0.05, 0) is 19.9 Å². The summed E-state index contributed by atoms with van der Waals surface area (Å²) in [6.07, 6.45) is 1.46. The average molecular weight is 180 g/mol. The van der Waals surface area contributed by atoms with Crippen molar-refractivity contribution in [2.45, 2.75) is 19.9 Å². The van der Waals surface area contributed by atoms with Gasteiger partial charge in [-0.2, -0.15) is 0 Å². The summed E-state index contributed by atoms with van der Waals surface area (Å²) in [5, 5.41) is 2.67. The van der Waals surface area contributed by atoms with Crippen molar-refractivity contribution in [2.24, 2.45) is 0 Å². The predicted octanol–water partition coefficient (Wildman–Crippen LogP) is 0.197. The van der Waals surface area contributed by atoms with Crippen LogP contribution in [0.25, 0.3) is 0 Å². The molecule has 1 rings (SSSR count). The molecule has 0 bridgehead atoms. The molecular weight excluding hydrogens is 168 g/mol. The highest BCUT2D eigenvalue weighted by Gasteiger charge is 2.09. The number of hydrogen-bond donors (Lipinski definition) is 2. The molecule has 0 aromatic carbocycles. The summed E-state index contributed by atoms with van der Waals surface area (Å²) < 4.78 is 0. The van der Waals surface area contributed by atoms with E-state index < -0.39 is 0 Å². The van der Waals surface area contributed by atoms with Crippen molar-refractivity contribution in [3.8, 4) is 0 Å². The molecule has 5 nitrogen and oxygen atoms in total. The van der Waals surface area contributed by atoms with Crippen LogP contribution in [0.15, 0.2) is 12.3 Å². The largest absolute Gasteiger partial charge is 0.384 e. The Bertz CT molecular complexity index is 311. The van der Waals surface area contributed by atoms with E-state index >= 15 is 0 Å². The zero-order chi connectivity index (χ0) is 9.84. The second-order valence-electron chi connectivity index (χ2n) is 2.93. The fourth-order valence-electron chi connectivity index (χ4n) is 0.809. The lowest BCUT2D eigenvalue weighted by molar-refractivity contribution is 0.0932. The molecule has 0 aliphatic heterocycles. The molecule has 1 heterocycles. The van der Waals surface area contributed by atoms with Crippen LogP contribution in [0.5, 0.6) is 0 Å². The Labute approximate surface area is 76.4 Å². The third kappa shape index (κ3) is 2.70. The van der Waals surface area contributed by atoms with Gasteiger partial charge in [0.2, 0.25) is 5.82 Å². The lowest BCUT2D eigenvalue weighted by atomic mass is 10.4. The van der Waals surface area contributed by atoms with Gasteiger partial charge in [0.05, 0.1) is 0 Å². The SMILES string of the molecule is CC(C)NC(=O)c1nccc(N)n1. The number of amides is 1. The Kier molecular flexibility index (Phi) is 2.79. The molecule has 0 spiro atoms. The Morgan fingerprint density at radius 1 is 1.62 bits per heavy atom. The van der Waals surface area contributed by atoms with Crippen molar-refractivity contribution < 1.29 is 4.79 Å². The Morgan fingerprint density at radius 3 is 2.85 bits per heavy atom. The molecule has 3 N–H and O–H groups in total. The molecule has 13 heavy (non-hydrogen) atoms. The summed E-state index contributed by atoms with van der Waals surface area (Å²) in [7, 11) is 0. The predicted molar refractivity (Wildman–Crippen MR) is 49.0 cm³/mol. The van der Waals surface area contributed by atoms with Gasteiger partial charge in [0.1, 0.15) is 5.82 Å². The van der Waals surface area contributed by atoms with Gasteiger partial charge in [-0.15, -0.1) is 0 Å². The van der Waals surface area contributed by atoms with Crippen LogP contribution in [0.3, 0.4) is 0 Å². The number of rotatable bonds is 2. The summed E-state index contributed by atoms with van der Waals surface area (Å²) in [5.41, 5.74) is 5.40. The van der Waals surface area contributed by atoms with E-state index in [1.54, 1.807) is 0 Å². The first-order chi connectivity index (χ1) is 6.09. The minimum absolute atomic E-state index is 0.0672. The van der Waals surface area contributed by atoms with Gasteiger partial charge in [0, 0.05) is 12.2 Å². The van der Waals surface area contributed by atoms with Crippen molar-refractivity contribution >= 4 is 11.7 Å². The summed E-state index contributed by atoms with van der Waals surface area (Å²) in [5.74, 6) is 0.0971. The Balaban J connectivity index is 2.77. The molecule has 0 aliphatic rings. The van der Waals surface area contributed by atoms with Gasteiger partial charge in [-0.25, -0.2) is 9.97 Å². The summed E-state index contributed by atoms with van der Waals surface area (Å²) in [6.45, 7) is 3.73. The van der Waals surface area contributed by atoms with E-state index in [-0.39, 0.29) is 17.8 Å². The van der Waals surface area contributed by atoms with E-state index in [0.29, 0.717) is 5.82 Å². The number of nitrogen functional groups attached to an aromatic ring is 1. The highest BCUT2D eigenvalue weighted by molar-refractivity contribution is 5.90. The molecule has 1 amide bonds. The Hall–Kier alpha value is -1.65. The zero-order valence-corrected chi connectivity index (χ0v) is 7.61. The zero-order valence-electron chi connectivity index (χ0n) is 7.61. The number of nitrogens with zero attached hydrogens (tertiary/aromatic N) is 2. The van der Waals surface area contributed by atoms with Gasteiger partial charge < -0.3 is 11.1 Å². The summed E-state index contributed by atoms with van der Waals surface area (Å²) in [4.78, 5) is 18.9. The van der Waals surface area contributed by atoms with Crippen molar-refractivity contribution in [2.75, 3.05) is 5.73 Å². The number of carbonyl (C=O) groups excluding carboxylic acids is 1. The van der Waals surface area contributed by atoms with Crippen LogP contribution >= 0.6 is 0 Å². The van der Waals surface area contributed by atoms with E-state index in [2.05, 4.69) is 15.3 Å². The van der Waals surface area contributed by atoms with Gasteiger partial charge >= 0.3 is 0 Å². The van der Waals surface area contributed by atoms with E-state index in [1.165, 1.54) is 12.3 Å². The molecule has 1 aromatic heterocycles. The fraction of sp³-hybridized carbons (Fsp3) is 0.375. The minimum atomic E-state index is -0.303. The number of carbonyl (C=O) groups is 1. The van der Waals surface area contributed by atoms with Crippen LogP contribution in [0.1, 0.15) is 24.5 Å². The van der Waals surface area contributed by atoms with Gasteiger partial charge in [-0.3, -0.25) is 4.79 Å². The van der Waals surface area contributed by atoms with E-state index in [4.69, 9.17) is 5.73 Å². The maximum absolute atomic E-state index is 11.3. The summed E-state index contributed by atoms with van der Waals surface area (Å²) in [6, 6.07) is 1.60. The quantitative estimate of drug-likeness (QED) is 0.681. The van der Waals surface area contributed by atoms with E-state index in [9.17, 15) is 4.79 Å². The molecule has 0 fully saturated rings. The molecule has 5 heteroatoms. The number of nitrogens with two attached hydrogens (primary N) is 1. The second kappa shape index (κ2) is 3.84. The van der Waals surface area contributed by atoms with Crippen LogP contribution in [0, 0.1) is 0 Å².